The van der Waals surface area contributed by atoms with Gasteiger partial charge in [0.1, 0.15) is 5.82 Å². The zero-order valence-electron chi connectivity index (χ0n) is 21.3. The van der Waals surface area contributed by atoms with Crippen molar-refractivity contribution in [3.05, 3.63) is 142 Å². The van der Waals surface area contributed by atoms with Gasteiger partial charge < -0.3 is 4.90 Å². The van der Waals surface area contributed by atoms with Gasteiger partial charge in [-0.2, -0.15) is 0 Å². The van der Waals surface area contributed by atoms with Gasteiger partial charge in [-0.15, -0.1) is 0 Å². The van der Waals surface area contributed by atoms with Gasteiger partial charge in [-0.1, -0.05) is 72.3 Å². The zero-order valence-corrected chi connectivity index (χ0v) is 21.3. The van der Waals surface area contributed by atoms with Gasteiger partial charge in [-0.25, -0.2) is 4.98 Å². The number of amides is 1. The summed E-state index contributed by atoms with van der Waals surface area (Å²) in [6.07, 6.45) is 0. The molecule has 0 saturated heterocycles. The van der Waals surface area contributed by atoms with Crippen LogP contribution in [0.4, 0.5) is 0 Å². The van der Waals surface area contributed by atoms with Crippen LogP contribution in [0.1, 0.15) is 45.8 Å². The summed E-state index contributed by atoms with van der Waals surface area (Å²) in [7, 11) is 0. The van der Waals surface area contributed by atoms with Crippen molar-refractivity contribution in [3.8, 4) is 5.69 Å². The molecule has 37 heavy (non-hydrogen) atoms. The Morgan fingerprint density at radius 1 is 0.838 bits per heavy atom. The molecule has 0 spiro atoms. The molecule has 0 bridgehead atoms. The molecule has 5 nitrogen and oxygen atoms in total. The second kappa shape index (κ2) is 10.2. The molecule has 5 heteroatoms. The molecule has 1 amide bonds. The minimum Gasteiger partial charge on any atom is -0.324 e. The summed E-state index contributed by atoms with van der Waals surface area (Å²) >= 11 is 0. The number of aryl methyl sites for hydroxylation is 2. The number of benzene rings is 4. The van der Waals surface area contributed by atoms with E-state index in [1.54, 1.807) is 15.5 Å². The van der Waals surface area contributed by atoms with Crippen LogP contribution in [-0.4, -0.2) is 20.4 Å². The second-order valence-corrected chi connectivity index (χ2v) is 9.43. The molecule has 184 valence electrons. The summed E-state index contributed by atoms with van der Waals surface area (Å²) in [4.78, 5) is 34.5. The SMILES string of the molecule is Cc1ccc(C(=O)N(Cc2ccccc2)C(C)c2nc3ccccc3c(=O)n2-c2cccc(C)c2)cc1. The largest absolute Gasteiger partial charge is 0.324 e. The molecule has 1 atom stereocenters. The van der Waals surface area contributed by atoms with Crippen LogP contribution < -0.4 is 5.56 Å². The summed E-state index contributed by atoms with van der Waals surface area (Å²) in [5.74, 6) is 0.403. The lowest BCUT2D eigenvalue weighted by Crippen LogP contribution is -2.37. The Labute approximate surface area is 216 Å². The maximum atomic E-state index is 13.9. The van der Waals surface area contributed by atoms with Crippen LogP contribution in [0.2, 0.25) is 0 Å². The van der Waals surface area contributed by atoms with Gasteiger partial charge in [0.25, 0.3) is 11.5 Å². The van der Waals surface area contributed by atoms with Gasteiger partial charge >= 0.3 is 0 Å². The van der Waals surface area contributed by atoms with E-state index >= 15 is 0 Å². The van der Waals surface area contributed by atoms with Gasteiger partial charge in [-0.3, -0.25) is 14.2 Å². The third-order valence-corrected chi connectivity index (χ3v) is 6.66. The summed E-state index contributed by atoms with van der Waals surface area (Å²) in [5, 5.41) is 0.541. The number of carbonyl (C=O) groups is 1. The number of para-hydroxylation sites is 1. The lowest BCUT2D eigenvalue weighted by Gasteiger charge is -2.31. The Morgan fingerprint density at radius 3 is 2.27 bits per heavy atom. The van der Waals surface area contributed by atoms with E-state index < -0.39 is 6.04 Å². The molecule has 5 rings (SSSR count). The molecular formula is C32H29N3O2. The number of rotatable bonds is 6. The van der Waals surface area contributed by atoms with Crippen LogP contribution >= 0.6 is 0 Å². The summed E-state index contributed by atoms with van der Waals surface area (Å²) in [6, 6.07) is 32.1. The first kappa shape index (κ1) is 24.2. The third kappa shape index (κ3) is 4.94. The molecule has 1 unspecified atom stereocenters. The first-order valence-corrected chi connectivity index (χ1v) is 12.4. The van der Waals surface area contributed by atoms with Crippen molar-refractivity contribution in [2.45, 2.75) is 33.4 Å². The van der Waals surface area contributed by atoms with Gasteiger partial charge in [0.2, 0.25) is 0 Å². The van der Waals surface area contributed by atoms with E-state index in [0.29, 0.717) is 28.8 Å². The molecule has 1 heterocycles. The molecule has 1 aromatic heterocycles. The van der Waals surface area contributed by atoms with E-state index in [2.05, 4.69) is 0 Å². The standard InChI is InChI=1S/C32H29N3O2/c1-22-16-18-26(19-17-22)31(36)34(21-25-11-5-4-6-12-25)24(3)30-33-29-15-8-7-14-28(29)32(37)35(30)27-13-9-10-23(2)20-27/h4-20,24H,21H2,1-3H3. The fourth-order valence-corrected chi connectivity index (χ4v) is 4.61. The fourth-order valence-electron chi connectivity index (χ4n) is 4.61. The predicted molar refractivity (Wildman–Crippen MR) is 148 cm³/mol. The molecule has 0 fully saturated rings. The summed E-state index contributed by atoms with van der Waals surface area (Å²) < 4.78 is 1.65. The van der Waals surface area contributed by atoms with Gasteiger partial charge in [-0.05, 0) is 68.3 Å². The molecule has 0 aliphatic rings. The van der Waals surface area contributed by atoms with Crippen molar-refractivity contribution in [1.29, 1.82) is 0 Å². The van der Waals surface area contributed by atoms with E-state index in [9.17, 15) is 9.59 Å². The highest BCUT2D eigenvalue weighted by Crippen LogP contribution is 2.26. The highest BCUT2D eigenvalue weighted by Gasteiger charge is 2.28. The van der Waals surface area contributed by atoms with Crippen molar-refractivity contribution >= 4 is 16.8 Å². The Bertz CT molecular complexity index is 1620. The molecule has 0 radical (unpaired) electrons. The molecular weight excluding hydrogens is 458 g/mol. The number of nitrogens with zero attached hydrogens (tertiary/aromatic N) is 3. The molecule has 4 aromatic carbocycles. The van der Waals surface area contributed by atoms with Crippen molar-refractivity contribution in [2.75, 3.05) is 0 Å². The highest BCUT2D eigenvalue weighted by molar-refractivity contribution is 5.94. The second-order valence-electron chi connectivity index (χ2n) is 9.43. The quantitative estimate of drug-likeness (QED) is 0.278. The van der Waals surface area contributed by atoms with Crippen molar-refractivity contribution in [2.24, 2.45) is 0 Å². The zero-order chi connectivity index (χ0) is 25.9. The van der Waals surface area contributed by atoms with Crippen LogP contribution in [0.5, 0.6) is 0 Å². The summed E-state index contributed by atoms with van der Waals surface area (Å²) in [6.45, 7) is 6.32. The maximum absolute atomic E-state index is 13.9. The lowest BCUT2D eigenvalue weighted by molar-refractivity contribution is 0.0664. The number of aromatic nitrogens is 2. The van der Waals surface area contributed by atoms with Crippen LogP contribution in [0.3, 0.4) is 0 Å². The summed E-state index contributed by atoms with van der Waals surface area (Å²) in [5.41, 5.74) is 4.91. The normalized spacial score (nSPS) is 11.9. The molecule has 0 aliphatic carbocycles. The number of hydrogen-bond donors (Lipinski definition) is 0. The minimum atomic E-state index is -0.494. The topological polar surface area (TPSA) is 55.2 Å². The third-order valence-electron chi connectivity index (χ3n) is 6.66. The fraction of sp³-hybridized carbons (Fsp3) is 0.156. The lowest BCUT2D eigenvalue weighted by atomic mass is 10.1. The van der Waals surface area contributed by atoms with Gasteiger partial charge in [0.15, 0.2) is 0 Å². The Balaban J connectivity index is 1.70. The average Bonchev–Trinajstić information content (AvgIpc) is 2.92. The van der Waals surface area contributed by atoms with E-state index in [1.165, 1.54) is 0 Å². The van der Waals surface area contributed by atoms with Crippen molar-refractivity contribution in [1.82, 2.24) is 14.5 Å². The van der Waals surface area contributed by atoms with E-state index in [0.717, 1.165) is 22.4 Å². The van der Waals surface area contributed by atoms with Gasteiger partial charge in [0.05, 0.1) is 22.6 Å². The first-order valence-electron chi connectivity index (χ1n) is 12.4. The van der Waals surface area contributed by atoms with Crippen molar-refractivity contribution < 1.29 is 4.79 Å². The van der Waals surface area contributed by atoms with Crippen LogP contribution in [0, 0.1) is 13.8 Å². The van der Waals surface area contributed by atoms with E-state index in [1.807, 2.05) is 118 Å². The van der Waals surface area contributed by atoms with Crippen molar-refractivity contribution in [3.63, 3.8) is 0 Å². The Kier molecular flexibility index (Phi) is 6.69. The Morgan fingerprint density at radius 2 is 1.54 bits per heavy atom. The number of carbonyl (C=O) groups excluding carboxylic acids is 1. The molecule has 0 N–H and O–H groups in total. The van der Waals surface area contributed by atoms with Crippen LogP contribution in [0.15, 0.2) is 108 Å². The van der Waals surface area contributed by atoms with E-state index in [-0.39, 0.29) is 11.5 Å². The van der Waals surface area contributed by atoms with Gasteiger partial charge in [0, 0.05) is 12.1 Å². The highest BCUT2D eigenvalue weighted by atomic mass is 16.2. The average molecular weight is 488 g/mol. The first-order chi connectivity index (χ1) is 17.9. The predicted octanol–water partition coefficient (Wildman–Crippen LogP) is 6.41. The molecule has 0 aliphatic heterocycles. The number of hydrogen-bond acceptors (Lipinski definition) is 3. The van der Waals surface area contributed by atoms with Crippen LogP contribution in [0.25, 0.3) is 16.6 Å². The van der Waals surface area contributed by atoms with Crippen LogP contribution in [-0.2, 0) is 6.54 Å². The Hall–Kier alpha value is -4.51. The number of fused-ring (bicyclic) bond motifs is 1. The monoisotopic (exact) mass is 487 g/mol. The minimum absolute atomic E-state index is 0.116. The molecule has 5 aromatic rings. The smallest absolute Gasteiger partial charge is 0.266 e. The molecule has 0 saturated carbocycles. The van der Waals surface area contributed by atoms with E-state index in [4.69, 9.17) is 4.98 Å². The maximum Gasteiger partial charge on any atom is 0.266 e.